The van der Waals surface area contributed by atoms with Gasteiger partial charge in [0.2, 0.25) is 0 Å². The summed E-state index contributed by atoms with van der Waals surface area (Å²) in [6.45, 7) is 2.27. The highest BCUT2D eigenvalue weighted by Gasteiger charge is 2.25. The highest BCUT2D eigenvalue weighted by molar-refractivity contribution is 5.17. The fraction of sp³-hybridized carbons (Fsp3) is 0.500. The van der Waals surface area contributed by atoms with E-state index in [-0.39, 0.29) is 12.4 Å². The van der Waals surface area contributed by atoms with Crippen molar-refractivity contribution in [3.8, 4) is 0 Å². The van der Waals surface area contributed by atoms with Crippen LogP contribution in [0, 0.1) is 0 Å². The molecule has 2 aliphatic rings. The van der Waals surface area contributed by atoms with Crippen LogP contribution >= 0.6 is 0 Å². The Morgan fingerprint density at radius 2 is 1.89 bits per heavy atom. The molecule has 3 rings (SSSR count). The summed E-state index contributed by atoms with van der Waals surface area (Å²) in [5.74, 6) is 0. The number of hydrogen-bond donors (Lipinski definition) is 0. The Kier molecular flexibility index (Phi) is 4.28. The second-order valence-electron chi connectivity index (χ2n) is 5.04. The largest absolute Gasteiger partial charge is 0.369 e. The predicted octanol–water partition coefficient (Wildman–Crippen LogP) is 3.06. The molecule has 1 saturated heterocycles. The fourth-order valence-corrected chi connectivity index (χ4v) is 2.52. The van der Waals surface area contributed by atoms with Gasteiger partial charge in [-0.2, -0.15) is 0 Å². The average Bonchev–Trinajstić information content (AvgIpc) is 2.96. The summed E-state index contributed by atoms with van der Waals surface area (Å²) >= 11 is 0. The molecule has 1 heterocycles. The molecule has 1 aliphatic carbocycles. The maximum absolute atomic E-state index is 5.92. The average molecular weight is 260 g/mol. The molecule has 1 fully saturated rings. The van der Waals surface area contributed by atoms with E-state index in [1.54, 1.807) is 0 Å². The van der Waals surface area contributed by atoms with Crippen molar-refractivity contribution >= 4 is 0 Å². The molecule has 0 saturated carbocycles. The van der Waals surface area contributed by atoms with Gasteiger partial charge in [0.1, 0.15) is 0 Å². The van der Waals surface area contributed by atoms with Gasteiger partial charge in [0.05, 0.1) is 25.9 Å². The zero-order valence-corrected chi connectivity index (χ0v) is 11.1. The molecule has 0 spiro atoms. The summed E-state index contributed by atoms with van der Waals surface area (Å²) in [7, 11) is 0. The van der Waals surface area contributed by atoms with E-state index in [9.17, 15) is 0 Å². The van der Waals surface area contributed by atoms with Crippen LogP contribution in [0.5, 0.6) is 0 Å². The molecule has 1 aromatic rings. The number of ether oxygens (including phenoxy) is 3. The van der Waals surface area contributed by atoms with Gasteiger partial charge >= 0.3 is 0 Å². The molecule has 1 aliphatic heterocycles. The summed E-state index contributed by atoms with van der Waals surface area (Å²) in [5.41, 5.74) is 2.47. The van der Waals surface area contributed by atoms with Gasteiger partial charge in [-0.25, -0.2) is 0 Å². The number of rotatable bonds is 4. The van der Waals surface area contributed by atoms with Crippen molar-refractivity contribution in [1.82, 2.24) is 0 Å². The normalized spacial score (nSPS) is 24.4. The highest BCUT2D eigenvalue weighted by atomic mass is 16.7. The molecular formula is C16H20O3. The van der Waals surface area contributed by atoms with E-state index >= 15 is 0 Å². The van der Waals surface area contributed by atoms with Crippen molar-refractivity contribution in [3.63, 3.8) is 0 Å². The van der Waals surface area contributed by atoms with Crippen LogP contribution < -0.4 is 0 Å². The summed E-state index contributed by atoms with van der Waals surface area (Å²) in [6, 6.07) is 10.3. The molecule has 0 bridgehead atoms. The molecule has 0 N–H and O–H groups in total. The minimum absolute atomic E-state index is 0.126. The van der Waals surface area contributed by atoms with Crippen LogP contribution in [0.15, 0.2) is 42.0 Å². The summed E-state index contributed by atoms with van der Waals surface area (Å²) in [6.07, 6.45) is 5.30. The zero-order chi connectivity index (χ0) is 12.9. The molecule has 0 aromatic heterocycles. The van der Waals surface area contributed by atoms with Crippen LogP contribution in [-0.4, -0.2) is 25.6 Å². The molecule has 3 nitrogen and oxygen atoms in total. The maximum Gasteiger partial charge on any atom is 0.179 e. The lowest BCUT2D eigenvalue weighted by Crippen LogP contribution is -2.26. The van der Waals surface area contributed by atoms with Crippen LogP contribution in [0.2, 0.25) is 0 Å². The Bertz CT molecular complexity index is 421. The highest BCUT2D eigenvalue weighted by Crippen LogP contribution is 2.27. The van der Waals surface area contributed by atoms with Gasteiger partial charge in [0.15, 0.2) is 6.29 Å². The van der Waals surface area contributed by atoms with Crippen LogP contribution in [0.25, 0.3) is 0 Å². The van der Waals surface area contributed by atoms with Gasteiger partial charge in [-0.1, -0.05) is 36.4 Å². The van der Waals surface area contributed by atoms with Crippen molar-refractivity contribution in [1.29, 1.82) is 0 Å². The first-order chi connectivity index (χ1) is 9.42. The van der Waals surface area contributed by atoms with Crippen molar-refractivity contribution in [2.75, 3.05) is 13.2 Å². The van der Waals surface area contributed by atoms with Gasteiger partial charge in [-0.05, 0) is 30.4 Å². The Labute approximate surface area is 114 Å². The summed E-state index contributed by atoms with van der Waals surface area (Å²) in [4.78, 5) is 0. The second kappa shape index (κ2) is 6.33. The summed E-state index contributed by atoms with van der Waals surface area (Å²) < 4.78 is 17.2. The van der Waals surface area contributed by atoms with E-state index < -0.39 is 0 Å². The lowest BCUT2D eigenvalue weighted by Gasteiger charge is -2.24. The zero-order valence-electron chi connectivity index (χ0n) is 11.1. The number of hydrogen-bond acceptors (Lipinski definition) is 3. The molecule has 0 amide bonds. The van der Waals surface area contributed by atoms with E-state index in [4.69, 9.17) is 14.2 Å². The third-order valence-corrected chi connectivity index (χ3v) is 3.55. The second-order valence-corrected chi connectivity index (χ2v) is 5.04. The van der Waals surface area contributed by atoms with Crippen molar-refractivity contribution < 1.29 is 14.2 Å². The molecule has 19 heavy (non-hydrogen) atoms. The monoisotopic (exact) mass is 260 g/mol. The Morgan fingerprint density at radius 3 is 2.68 bits per heavy atom. The molecule has 102 valence electrons. The predicted molar refractivity (Wildman–Crippen MR) is 72.6 cm³/mol. The van der Waals surface area contributed by atoms with E-state index in [1.807, 2.05) is 18.2 Å². The maximum atomic E-state index is 5.92. The van der Waals surface area contributed by atoms with Crippen LogP contribution in [0.1, 0.15) is 24.8 Å². The van der Waals surface area contributed by atoms with Gasteiger partial charge in [0, 0.05) is 0 Å². The molecule has 1 atom stereocenters. The minimum Gasteiger partial charge on any atom is -0.369 e. The van der Waals surface area contributed by atoms with Gasteiger partial charge in [-0.3, -0.25) is 0 Å². The molecule has 3 heteroatoms. The van der Waals surface area contributed by atoms with E-state index in [0.717, 1.165) is 32.5 Å². The van der Waals surface area contributed by atoms with E-state index in [0.29, 0.717) is 6.61 Å². The van der Waals surface area contributed by atoms with Crippen molar-refractivity contribution in [2.45, 2.75) is 38.3 Å². The van der Waals surface area contributed by atoms with Crippen LogP contribution in [0.3, 0.4) is 0 Å². The lowest BCUT2D eigenvalue weighted by atomic mass is 10.2. The molecule has 1 unspecified atom stereocenters. The molecular weight excluding hydrogens is 240 g/mol. The summed E-state index contributed by atoms with van der Waals surface area (Å²) in [5, 5.41) is 0. The molecule has 0 radical (unpaired) electrons. The van der Waals surface area contributed by atoms with Gasteiger partial charge in [0.25, 0.3) is 0 Å². The van der Waals surface area contributed by atoms with Crippen molar-refractivity contribution in [3.05, 3.63) is 47.5 Å². The minimum atomic E-state index is -0.126. The first-order valence-electron chi connectivity index (χ1n) is 7.01. The lowest BCUT2D eigenvalue weighted by molar-refractivity contribution is -0.157. The number of benzene rings is 1. The first kappa shape index (κ1) is 12.9. The fourth-order valence-electron chi connectivity index (χ4n) is 2.52. The third-order valence-electron chi connectivity index (χ3n) is 3.55. The Morgan fingerprint density at radius 1 is 1.11 bits per heavy atom. The molecule has 1 aromatic carbocycles. The quantitative estimate of drug-likeness (QED) is 0.779. The van der Waals surface area contributed by atoms with E-state index in [2.05, 4.69) is 18.2 Å². The van der Waals surface area contributed by atoms with Gasteiger partial charge in [-0.15, -0.1) is 0 Å². The van der Waals surface area contributed by atoms with Crippen LogP contribution in [-0.2, 0) is 20.8 Å². The van der Waals surface area contributed by atoms with E-state index in [1.165, 1.54) is 11.1 Å². The Hall–Kier alpha value is -1.16. The van der Waals surface area contributed by atoms with Crippen LogP contribution in [0.4, 0.5) is 0 Å². The first-order valence-corrected chi connectivity index (χ1v) is 7.01. The topological polar surface area (TPSA) is 27.7 Å². The smallest absolute Gasteiger partial charge is 0.179 e. The third kappa shape index (κ3) is 3.44. The SMILES string of the molecule is C1=C(C2OCCCO2)CCC1OCc1ccccc1. The van der Waals surface area contributed by atoms with Gasteiger partial charge < -0.3 is 14.2 Å². The standard InChI is InChI=1S/C16H20O3/c1-2-5-13(6-3-1)12-19-15-8-7-14(11-15)16-17-9-4-10-18-16/h1-3,5-6,11,15-16H,4,7-10,12H2. The van der Waals surface area contributed by atoms with Crippen molar-refractivity contribution in [2.24, 2.45) is 0 Å². The Balaban J connectivity index is 1.51.